The van der Waals surface area contributed by atoms with Gasteiger partial charge in [-0.15, -0.1) is 0 Å². The third-order valence-corrected chi connectivity index (χ3v) is 4.15. The zero-order valence-electron chi connectivity index (χ0n) is 9.80. The van der Waals surface area contributed by atoms with Crippen molar-refractivity contribution in [3.05, 3.63) is 24.3 Å². The molecule has 17 heavy (non-hydrogen) atoms. The van der Waals surface area contributed by atoms with E-state index in [2.05, 4.69) is 4.98 Å². The lowest BCUT2D eigenvalue weighted by atomic mass is 10.2. The molecule has 1 aromatic rings. The molecule has 1 atom stereocenters. The number of hydrogen-bond acceptors (Lipinski definition) is 4. The van der Waals surface area contributed by atoms with E-state index >= 15 is 0 Å². The molecular formula is C10H16FN3O2S. The summed E-state index contributed by atoms with van der Waals surface area (Å²) in [5.41, 5.74) is 5.43. The Morgan fingerprint density at radius 2 is 2.18 bits per heavy atom. The van der Waals surface area contributed by atoms with Crippen LogP contribution in [-0.4, -0.2) is 37.8 Å². The third kappa shape index (κ3) is 3.45. The van der Waals surface area contributed by atoms with Crippen molar-refractivity contribution < 1.29 is 12.8 Å². The second-order valence-corrected chi connectivity index (χ2v) is 6.01. The van der Waals surface area contributed by atoms with Gasteiger partial charge in [0.25, 0.3) is 0 Å². The maximum atomic E-state index is 12.9. The highest BCUT2D eigenvalue weighted by molar-refractivity contribution is 7.89. The summed E-state index contributed by atoms with van der Waals surface area (Å²) in [6.45, 7) is 2.52. The number of hydrogen-bond donors (Lipinski definition) is 1. The average molecular weight is 261 g/mol. The lowest BCUT2D eigenvalue weighted by Crippen LogP contribution is -2.33. The van der Waals surface area contributed by atoms with Crippen molar-refractivity contribution in [2.24, 2.45) is 11.7 Å². The van der Waals surface area contributed by atoms with Gasteiger partial charge in [0.05, 0.1) is 6.20 Å². The largest absolute Gasteiger partial charge is 0.330 e. The maximum Gasteiger partial charge on any atom is 0.244 e. The van der Waals surface area contributed by atoms with Gasteiger partial charge in [-0.2, -0.15) is 0 Å². The number of halogens is 1. The molecule has 0 saturated heterocycles. The second kappa shape index (κ2) is 5.52. The van der Waals surface area contributed by atoms with E-state index in [9.17, 15) is 12.8 Å². The van der Waals surface area contributed by atoms with Gasteiger partial charge >= 0.3 is 0 Å². The Kier molecular flexibility index (Phi) is 4.55. The van der Waals surface area contributed by atoms with Crippen LogP contribution in [-0.2, 0) is 10.0 Å². The van der Waals surface area contributed by atoms with Crippen LogP contribution >= 0.6 is 0 Å². The summed E-state index contributed by atoms with van der Waals surface area (Å²) < 4.78 is 38.1. The van der Waals surface area contributed by atoms with Crippen molar-refractivity contribution in [2.75, 3.05) is 20.1 Å². The Bertz CT molecular complexity index is 478. The molecule has 0 amide bonds. The molecule has 0 aliphatic heterocycles. The molecule has 0 bridgehead atoms. The molecule has 96 valence electrons. The van der Waals surface area contributed by atoms with Gasteiger partial charge in [0.15, 0.2) is 0 Å². The van der Waals surface area contributed by atoms with Crippen LogP contribution in [0.25, 0.3) is 0 Å². The summed E-state index contributed by atoms with van der Waals surface area (Å²) in [4.78, 5) is 3.38. The number of nitrogens with two attached hydrogens (primary N) is 1. The Labute approximate surface area is 101 Å². The molecule has 1 aromatic heterocycles. The van der Waals surface area contributed by atoms with Gasteiger partial charge in [-0.25, -0.2) is 17.1 Å². The summed E-state index contributed by atoms with van der Waals surface area (Å²) >= 11 is 0. The van der Waals surface area contributed by atoms with E-state index in [0.717, 1.165) is 22.8 Å². The second-order valence-electron chi connectivity index (χ2n) is 3.97. The minimum Gasteiger partial charge on any atom is -0.330 e. The van der Waals surface area contributed by atoms with Crippen molar-refractivity contribution in [3.8, 4) is 0 Å². The monoisotopic (exact) mass is 261 g/mol. The number of aromatic nitrogens is 1. The van der Waals surface area contributed by atoms with Gasteiger partial charge < -0.3 is 5.73 Å². The molecular weight excluding hydrogens is 245 g/mol. The van der Waals surface area contributed by atoms with Gasteiger partial charge in [-0.3, -0.25) is 4.98 Å². The Morgan fingerprint density at radius 1 is 1.53 bits per heavy atom. The molecule has 1 unspecified atom stereocenters. The first-order chi connectivity index (χ1) is 7.87. The van der Waals surface area contributed by atoms with Crippen molar-refractivity contribution in [1.82, 2.24) is 9.29 Å². The Balaban J connectivity index is 2.95. The molecule has 1 heterocycles. The summed E-state index contributed by atoms with van der Waals surface area (Å²) in [7, 11) is -2.25. The van der Waals surface area contributed by atoms with E-state index in [-0.39, 0.29) is 17.4 Å². The van der Waals surface area contributed by atoms with Crippen LogP contribution in [0, 0.1) is 11.7 Å². The van der Waals surface area contributed by atoms with Crippen LogP contribution in [0.4, 0.5) is 4.39 Å². The topological polar surface area (TPSA) is 76.3 Å². The minimum atomic E-state index is -3.69. The van der Waals surface area contributed by atoms with Crippen molar-refractivity contribution in [2.45, 2.75) is 11.8 Å². The van der Waals surface area contributed by atoms with Crippen LogP contribution < -0.4 is 5.73 Å². The van der Waals surface area contributed by atoms with Crippen LogP contribution in [0.2, 0.25) is 0 Å². The highest BCUT2D eigenvalue weighted by Gasteiger charge is 2.22. The molecule has 0 aliphatic rings. The first-order valence-electron chi connectivity index (χ1n) is 5.15. The van der Waals surface area contributed by atoms with E-state index in [1.807, 2.05) is 6.92 Å². The van der Waals surface area contributed by atoms with Crippen LogP contribution in [0.3, 0.4) is 0 Å². The average Bonchev–Trinajstić information content (AvgIpc) is 2.28. The lowest BCUT2D eigenvalue weighted by Gasteiger charge is -2.20. The Morgan fingerprint density at radius 3 is 2.71 bits per heavy atom. The fourth-order valence-electron chi connectivity index (χ4n) is 1.32. The molecule has 0 aromatic carbocycles. The standard InChI is InChI=1S/C10H16FN3O2S/c1-8(4-12)7-14(2)17(15,16)10-3-9(11)5-13-6-10/h3,5-6,8H,4,7,12H2,1-2H3. The predicted octanol–water partition coefficient (Wildman–Crippen LogP) is 0.436. The summed E-state index contributed by atoms with van der Waals surface area (Å²) in [5, 5.41) is 0. The van der Waals surface area contributed by atoms with E-state index in [1.54, 1.807) is 0 Å². The molecule has 0 aliphatic carbocycles. The molecule has 0 spiro atoms. The van der Waals surface area contributed by atoms with E-state index in [1.165, 1.54) is 7.05 Å². The van der Waals surface area contributed by atoms with Crippen LogP contribution in [0.1, 0.15) is 6.92 Å². The summed E-state index contributed by atoms with van der Waals surface area (Å²) in [6.07, 6.45) is 2.09. The lowest BCUT2D eigenvalue weighted by molar-refractivity contribution is 0.404. The summed E-state index contributed by atoms with van der Waals surface area (Å²) in [6, 6.07) is 0.950. The van der Waals surface area contributed by atoms with Crippen LogP contribution in [0.15, 0.2) is 23.4 Å². The van der Waals surface area contributed by atoms with Crippen molar-refractivity contribution in [3.63, 3.8) is 0 Å². The zero-order valence-corrected chi connectivity index (χ0v) is 10.6. The van der Waals surface area contributed by atoms with Gasteiger partial charge in [-0.1, -0.05) is 6.92 Å². The van der Waals surface area contributed by atoms with Crippen molar-refractivity contribution in [1.29, 1.82) is 0 Å². The fourth-order valence-corrected chi connectivity index (χ4v) is 2.59. The molecule has 1 rings (SSSR count). The number of nitrogens with zero attached hydrogens (tertiary/aromatic N) is 2. The van der Waals surface area contributed by atoms with Gasteiger partial charge in [0, 0.05) is 19.8 Å². The molecule has 0 radical (unpaired) electrons. The fraction of sp³-hybridized carbons (Fsp3) is 0.500. The smallest absolute Gasteiger partial charge is 0.244 e. The first kappa shape index (κ1) is 14.0. The third-order valence-electron chi connectivity index (χ3n) is 2.36. The van der Waals surface area contributed by atoms with Crippen LogP contribution in [0.5, 0.6) is 0 Å². The van der Waals surface area contributed by atoms with Gasteiger partial charge in [0.1, 0.15) is 10.7 Å². The summed E-state index contributed by atoms with van der Waals surface area (Å²) in [5.74, 6) is -0.636. The first-order valence-corrected chi connectivity index (χ1v) is 6.59. The molecule has 7 heteroatoms. The van der Waals surface area contributed by atoms with E-state index in [4.69, 9.17) is 5.73 Å². The normalized spacial score (nSPS) is 13.9. The molecule has 0 fully saturated rings. The number of rotatable bonds is 5. The van der Waals surface area contributed by atoms with Gasteiger partial charge in [-0.05, 0) is 18.5 Å². The highest BCUT2D eigenvalue weighted by Crippen LogP contribution is 2.15. The number of pyridine rings is 1. The molecule has 5 nitrogen and oxygen atoms in total. The number of sulfonamides is 1. The van der Waals surface area contributed by atoms with E-state index < -0.39 is 15.8 Å². The quantitative estimate of drug-likeness (QED) is 0.834. The maximum absolute atomic E-state index is 12.9. The zero-order chi connectivity index (χ0) is 13.1. The SMILES string of the molecule is CC(CN)CN(C)S(=O)(=O)c1cncc(F)c1. The Hall–Kier alpha value is -1.05. The highest BCUT2D eigenvalue weighted by atomic mass is 32.2. The predicted molar refractivity (Wildman–Crippen MR) is 62.2 cm³/mol. The molecule has 2 N–H and O–H groups in total. The van der Waals surface area contributed by atoms with E-state index in [0.29, 0.717) is 6.54 Å². The minimum absolute atomic E-state index is 0.0382. The van der Waals surface area contributed by atoms with Gasteiger partial charge in [0.2, 0.25) is 10.0 Å². The molecule has 0 saturated carbocycles. The van der Waals surface area contributed by atoms with Crippen molar-refractivity contribution >= 4 is 10.0 Å².